The van der Waals surface area contributed by atoms with Gasteiger partial charge in [0.05, 0.1) is 0 Å². The van der Waals surface area contributed by atoms with Crippen molar-refractivity contribution in [2.45, 2.75) is 32.0 Å². The molecule has 0 spiro atoms. The topological polar surface area (TPSA) is 30.9 Å². The van der Waals surface area contributed by atoms with Crippen molar-refractivity contribution >= 4 is 41.3 Å². The smallest absolute Gasteiger partial charge is 0.356 e. The minimum atomic E-state index is -4.17. The Hall–Kier alpha value is -0.550. The van der Waals surface area contributed by atoms with Crippen LogP contribution in [0.1, 0.15) is 25.3 Å². The normalized spacial score (nSPS) is 19.3. The largest absolute Gasteiger partial charge is 0.403 e. The zero-order valence-corrected chi connectivity index (χ0v) is 17.9. The van der Waals surface area contributed by atoms with Crippen LogP contribution in [0, 0.1) is 0 Å². The van der Waals surface area contributed by atoms with E-state index in [9.17, 15) is 13.2 Å². The molecule has 2 unspecified atom stereocenters. The average Bonchev–Trinajstić information content (AvgIpc) is 3.09. The second-order valence-electron chi connectivity index (χ2n) is 6.13. The summed E-state index contributed by atoms with van der Waals surface area (Å²) < 4.78 is 38.4. The Morgan fingerprint density at radius 1 is 1.28 bits per heavy atom. The summed E-state index contributed by atoms with van der Waals surface area (Å²) in [6.45, 7) is 6.00. The Morgan fingerprint density at radius 3 is 2.40 bits per heavy atom. The highest BCUT2D eigenvalue weighted by molar-refractivity contribution is 14.0. The lowest BCUT2D eigenvalue weighted by Crippen LogP contribution is -2.57. The third-order valence-corrected chi connectivity index (χ3v) is 5.23. The van der Waals surface area contributed by atoms with Crippen molar-refractivity contribution in [3.63, 3.8) is 0 Å². The molecule has 1 saturated heterocycles. The molecule has 0 radical (unpaired) electrons. The summed E-state index contributed by atoms with van der Waals surface area (Å²) >= 11 is 1.67. The maximum atomic E-state index is 12.8. The summed E-state index contributed by atoms with van der Waals surface area (Å²) in [5.74, 6) is 1.12. The summed E-state index contributed by atoms with van der Waals surface area (Å²) in [6, 6.07) is 0.713. The first kappa shape index (κ1) is 22.5. The van der Waals surface area contributed by atoms with Crippen molar-refractivity contribution in [1.82, 2.24) is 15.1 Å². The van der Waals surface area contributed by atoms with E-state index in [0.717, 1.165) is 12.5 Å². The molecular formula is C16H26F3IN4S. The minimum absolute atomic E-state index is 0. The number of thiophene rings is 1. The Labute approximate surface area is 168 Å². The predicted octanol–water partition coefficient (Wildman–Crippen LogP) is 3.61. The second-order valence-corrected chi connectivity index (χ2v) is 6.91. The lowest BCUT2D eigenvalue weighted by atomic mass is 10.1. The highest BCUT2D eigenvalue weighted by atomic mass is 127. The van der Waals surface area contributed by atoms with E-state index < -0.39 is 12.2 Å². The fraction of sp³-hybridized carbons (Fsp3) is 0.688. The molecule has 1 aliphatic heterocycles. The standard InChI is InChI=1S/C16H25F3N4S.HI/c1-12(14-4-9-24-11-14)10-21-15(20-3)23-7-5-22(6-8-23)13(2)16(17,18)19;/h4,9,11-13H,5-8,10H2,1-3H3,(H,20,21);1H. The number of hydrogen-bond acceptors (Lipinski definition) is 3. The number of aliphatic imine (C=N–C) groups is 1. The average molecular weight is 490 g/mol. The molecule has 0 aromatic carbocycles. The van der Waals surface area contributed by atoms with Crippen LogP contribution in [0.25, 0.3) is 0 Å². The van der Waals surface area contributed by atoms with Crippen LogP contribution in [0.15, 0.2) is 21.8 Å². The van der Waals surface area contributed by atoms with Gasteiger partial charge in [0, 0.05) is 39.8 Å². The van der Waals surface area contributed by atoms with E-state index in [1.165, 1.54) is 17.4 Å². The van der Waals surface area contributed by atoms with E-state index in [1.54, 1.807) is 18.4 Å². The van der Waals surface area contributed by atoms with Gasteiger partial charge in [0.2, 0.25) is 0 Å². The molecule has 1 N–H and O–H groups in total. The molecule has 2 heterocycles. The molecule has 4 nitrogen and oxygen atoms in total. The van der Waals surface area contributed by atoms with Crippen LogP contribution in [0.2, 0.25) is 0 Å². The Kier molecular flexibility index (Phi) is 8.96. The molecular weight excluding hydrogens is 464 g/mol. The molecule has 0 amide bonds. The van der Waals surface area contributed by atoms with Gasteiger partial charge in [-0.15, -0.1) is 24.0 Å². The second kappa shape index (κ2) is 9.96. The third-order valence-electron chi connectivity index (χ3n) is 4.53. The molecule has 1 aromatic rings. The number of nitrogens with one attached hydrogen (secondary N) is 1. The molecule has 1 aromatic heterocycles. The molecule has 9 heteroatoms. The first-order valence-corrected chi connectivity index (χ1v) is 9.05. The Morgan fingerprint density at radius 2 is 1.92 bits per heavy atom. The number of nitrogens with zero attached hydrogens (tertiary/aromatic N) is 3. The number of hydrogen-bond donors (Lipinski definition) is 1. The Balaban J connectivity index is 0.00000312. The van der Waals surface area contributed by atoms with Gasteiger partial charge in [0.25, 0.3) is 0 Å². The van der Waals surface area contributed by atoms with Gasteiger partial charge in [-0.1, -0.05) is 6.92 Å². The van der Waals surface area contributed by atoms with Gasteiger partial charge in [0.15, 0.2) is 5.96 Å². The van der Waals surface area contributed by atoms with Crippen LogP contribution in [-0.4, -0.2) is 67.7 Å². The van der Waals surface area contributed by atoms with E-state index in [-0.39, 0.29) is 24.0 Å². The van der Waals surface area contributed by atoms with Gasteiger partial charge >= 0.3 is 6.18 Å². The monoisotopic (exact) mass is 490 g/mol. The minimum Gasteiger partial charge on any atom is -0.356 e. The van der Waals surface area contributed by atoms with Crippen LogP contribution in [0.5, 0.6) is 0 Å². The van der Waals surface area contributed by atoms with Gasteiger partial charge < -0.3 is 10.2 Å². The fourth-order valence-electron chi connectivity index (χ4n) is 2.78. The summed E-state index contributed by atoms with van der Waals surface area (Å²) in [5.41, 5.74) is 1.28. The molecule has 1 aliphatic rings. The van der Waals surface area contributed by atoms with Gasteiger partial charge in [-0.2, -0.15) is 24.5 Å². The van der Waals surface area contributed by atoms with Crippen molar-refractivity contribution < 1.29 is 13.2 Å². The van der Waals surface area contributed by atoms with Gasteiger partial charge in [0.1, 0.15) is 6.04 Å². The van der Waals surface area contributed by atoms with Gasteiger partial charge in [-0.05, 0) is 35.2 Å². The zero-order valence-electron chi connectivity index (χ0n) is 14.7. The molecule has 0 bridgehead atoms. The zero-order chi connectivity index (χ0) is 17.7. The molecule has 2 rings (SSSR count). The predicted molar refractivity (Wildman–Crippen MR) is 108 cm³/mol. The summed E-state index contributed by atoms with van der Waals surface area (Å²) in [7, 11) is 1.71. The summed E-state index contributed by atoms with van der Waals surface area (Å²) in [5, 5.41) is 7.53. The highest BCUT2D eigenvalue weighted by Gasteiger charge is 2.41. The molecule has 0 saturated carbocycles. The van der Waals surface area contributed by atoms with E-state index >= 15 is 0 Å². The van der Waals surface area contributed by atoms with Gasteiger partial charge in [-0.3, -0.25) is 9.89 Å². The number of halogens is 4. The number of guanidine groups is 1. The first-order chi connectivity index (χ1) is 11.3. The SMILES string of the molecule is CN=C(NCC(C)c1ccsc1)N1CCN(C(C)C(F)(F)F)CC1.I. The van der Waals surface area contributed by atoms with Crippen molar-refractivity contribution in [3.8, 4) is 0 Å². The van der Waals surface area contributed by atoms with E-state index in [4.69, 9.17) is 0 Å². The van der Waals surface area contributed by atoms with Crippen LogP contribution < -0.4 is 5.32 Å². The van der Waals surface area contributed by atoms with Gasteiger partial charge in [-0.25, -0.2) is 0 Å². The van der Waals surface area contributed by atoms with E-state index in [2.05, 4.69) is 34.1 Å². The van der Waals surface area contributed by atoms with Crippen molar-refractivity contribution in [1.29, 1.82) is 0 Å². The lowest BCUT2D eigenvalue weighted by molar-refractivity contribution is -0.181. The van der Waals surface area contributed by atoms with Crippen molar-refractivity contribution in [3.05, 3.63) is 22.4 Å². The summed E-state index contributed by atoms with van der Waals surface area (Å²) in [4.78, 5) is 7.79. The van der Waals surface area contributed by atoms with Crippen molar-refractivity contribution in [2.24, 2.45) is 4.99 Å². The van der Waals surface area contributed by atoms with E-state index in [1.807, 2.05) is 4.90 Å². The lowest BCUT2D eigenvalue weighted by Gasteiger charge is -2.39. The van der Waals surface area contributed by atoms with Crippen LogP contribution >= 0.6 is 35.3 Å². The third kappa shape index (κ3) is 6.28. The number of rotatable bonds is 4. The Bertz CT molecular complexity index is 528. The first-order valence-electron chi connectivity index (χ1n) is 8.11. The van der Waals surface area contributed by atoms with Crippen molar-refractivity contribution in [2.75, 3.05) is 39.8 Å². The summed E-state index contributed by atoms with van der Waals surface area (Å²) in [6.07, 6.45) is -4.17. The fourth-order valence-corrected chi connectivity index (χ4v) is 3.56. The van der Waals surface area contributed by atoms with Crippen LogP contribution in [0.3, 0.4) is 0 Å². The maximum absolute atomic E-state index is 12.8. The number of alkyl halides is 3. The van der Waals surface area contributed by atoms with E-state index in [0.29, 0.717) is 32.1 Å². The van der Waals surface area contributed by atoms with Crippen LogP contribution in [0.4, 0.5) is 13.2 Å². The molecule has 0 aliphatic carbocycles. The quantitative estimate of drug-likeness (QED) is 0.398. The highest BCUT2D eigenvalue weighted by Crippen LogP contribution is 2.25. The molecule has 144 valence electrons. The van der Waals surface area contributed by atoms with Crippen LogP contribution in [-0.2, 0) is 0 Å². The molecule has 25 heavy (non-hydrogen) atoms. The molecule has 1 fully saturated rings. The molecule has 2 atom stereocenters. The maximum Gasteiger partial charge on any atom is 0.403 e. The number of piperazine rings is 1.